The van der Waals surface area contributed by atoms with Crippen molar-refractivity contribution in [1.82, 2.24) is 0 Å². The van der Waals surface area contributed by atoms with Crippen molar-refractivity contribution >= 4 is 43.8 Å². The van der Waals surface area contributed by atoms with E-state index in [0.717, 1.165) is 0 Å². The summed E-state index contributed by atoms with van der Waals surface area (Å²) in [4.78, 5) is 29.3. The molecule has 0 heterocycles. The van der Waals surface area contributed by atoms with Gasteiger partial charge in [0.2, 0.25) is 0 Å². The molecule has 0 saturated carbocycles. The fourth-order valence-electron chi connectivity index (χ4n) is 0. The Bertz CT molecular complexity index is 29.5. The van der Waals surface area contributed by atoms with Gasteiger partial charge in [0.15, 0.2) is 34.7 Å². The Hall–Kier alpha value is 1.64. The van der Waals surface area contributed by atoms with Crippen LogP contribution in [0.4, 0.5) is 0 Å². The summed E-state index contributed by atoms with van der Waals surface area (Å²) in [5, 5.41) is 0. The van der Waals surface area contributed by atoms with Crippen LogP contribution in [0.25, 0.3) is 0 Å². The zero-order valence-corrected chi connectivity index (χ0v) is 4.75. The summed E-state index contributed by atoms with van der Waals surface area (Å²) in [6.45, 7) is 0. The van der Waals surface area contributed by atoms with Crippen LogP contribution in [0.5, 0.6) is 0 Å². The fraction of sp³-hybridized carbons (Fsp3) is 0. The topological polar surface area (TPSA) is 80.9 Å². The van der Waals surface area contributed by atoms with Crippen molar-refractivity contribution in [2.75, 3.05) is 0 Å². The molecule has 4 nitrogen and oxygen atoms in total. The van der Waals surface area contributed by atoms with Gasteiger partial charge < -0.3 is 19.2 Å². The molecule has 0 aromatic heterocycles. The second-order valence-electron chi connectivity index (χ2n) is 0.600. The number of hydrogen-bond donors (Lipinski definition) is 4. The molecule has 0 radical (unpaired) electrons. The van der Waals surface area contributed by atoms with Crippen LogP contribution in [0, 0.1) is 0 Å². The summed E-state index contributed by atoms with van der Waals surface area (Å²) in [5.41, 5.74) is 0. The van der Waals surface area contributed by atoms with E-state index in [1.807, 2.05) is 0 Å². The van der Waals surface area contributed by atoms with E-state index in [0.29, 0.717) is 0 Å². The second kappa shape index (κ2) is 8.64. The predicted molar refractivity (Wildman–Crippen MR) is 34.5 cm³/mol. The van der Waals surface area contributed by atoms with Crippen LogP contribution in [0.15, 0.2) is 0 Å². The van der Waals surface area contributed by atoms with Gasteiger partial charge in [0.1, 0.15) is 0 Å². The molecule has 0 fully saturated rings. The Morgan fingerprint density at radius 1 is 0.750 bits per heavy atom. The first-order valence-corrected chi connectivity index (χ1v) is 2.68. The molecular weight excluding hydrogens is 202 g/mol. The minimum absolute atomic E-state index is 0. The monoisotopic (exact) mass is 212 g/mol. The molecule has 4 N–H and O–H groups in total. The Kier molecular flexibility index (Phi) is 24.4. The van der Waals surface area contributed by atoms with Crippen LogP contribution in [0.3, 0.4) is 0 Å². The zero-order chi connectivity index (χ0) is 4.50. The van der Waals surface area contributed by atoms with E-state index in [-0.39, 0.29) is 51.8 Å². The van der Waals surface area contributed by atoms with Crippen molar-refractivity contribution in [3.05, 3.63) is 0 Å². The van der Waals surface area contributed by atoms with Crippen molar-refractivity contribution in [2.24, 2.45) is 0 Å². The first kappa shape index (κ1) is 22.6. The van der Waals surface area contributed by atoms with Crippen LogP contribution < -0.4 is 0 Å². The van der Waals surface area contributed by atoms with Crippen molar-refractivity contribution in [3.63, 3.8) is 0 Å². The largest absolute Gasteiger partial charge is 0.668 e. The smallest absolute Gasteiger partial charge is 0.368 e. The average Bonchev–Trinajstić information content (AvgIpc) is 0.722. The van der Waals surface area contributed by atoms with Gasteiger partial charge in [0.05, 0.1) is 0 Å². The van der Waals surface area contributed by atoms with Crippen molar-refractivity contribution in [3.8, 4) is 0 Å². The van der Waals surface area contributed by atoms with E-state index in [4.69, 9.17) is 19.2 Å². The van der Waals surface area contributed by atoms with E-state index in [1.54, 1.807) is 0 Å². The SMILES string of the molecule is O[Si](O)(O)O.[AlH3].[AlH3].[Fe]. The maximum atomic E-state index is 7.33. The maximum Gasteiger partial charge on any atom is 0.668 e. The van der Waals surface area contributed by atoms with E-state index >= 15 is 0 Å². The van der Waals surface area contributed by atoms with E-state index in [1.165, 1.54) is 0 Å². The standard InChI is InChI=1S/2Al.Fe.H4O4Si.6H/c;;;1-5(2,3)4;;;;;;/h;;;1-4H;;;;;;. The molecule has 52 valence electrons. The molecule has 0 aliphatic heterocycles. The molecule has 8 heteroatoms. The van der Waals surface area contributed by atoms with Crippen LogP contribution in [-0.2, 0) is 17.1 Å². The molecule has 0 bridgehead atoms. The zero-order valence-electron chi connectivity index (χ0n) is 2.64. The van der Waals surface area contributed by atoms with E-state index < -0.39 is 9.05 Å². The summed E-state index contributed by atoms with van der Waals surface area (Å²) in [5.74, 6) is 0. The molecule has 0 atom stereocenters. The van der Waals surface area contributed by atoms with Gasteiger partial charge in [0.25, 0.3) is 0 Å². The van der Waals surface area contributed by atoms with E-state index in [9.17, 15) is 0 Å². The minimum atomic E-state index is -4.61. The minimum Gasteiger partial charge on any atom is -0.368 e. The Labute approximate surface area is 79.8 Å². The number of hydrogen-bond acceptors (Lipinski definition) is 4. The Balaban J connectivity index is -0.0000000267. The van der Waals surface area contributed by atoms with Gasteiger partial charge in [-0.25, -0.2) is 0 Å². The summed E-state index contributed by atoms with van der Waals surface area (Å²) in [6, 6.07) is 0. The first-order valence-electron chi connectivity index (χ1n) is 0.894. The third-order valence-corrected chi connectivity index (χ3v) is 0. The maximum absolute atomic E-state index is 7.33. The molecule has 0 amide bonds. The summed E-state index contributed by atoms with van der Waals surface area (Å²) < 4.78 is 0. The molecule has 8 heavy (non-hydrogen) atoms. The molecule has 0 aromatic rings. The molecule has 0 aliphatic carbocycles. The van der Waals surface area contributed by atoms with Crippen LogP contribution >= 0.6 is 0 Å². The van der Waals surface area contributed by atoms with E-state index in [2.05, 4.69) is 0 Å². The molecule has 0 rings (SSSR count). The Morgan fingerprint density at radius 2 is 0.750 bits per heavy atom. The summed E-state index contributed by atoms with van der Waals surface area (Å²) >= 11 is 0. The summed E-state index contributed by atoms with van der Waals surface area (Å²) in [7, 11) is -4.61. The van der Waals surface area contributed by atoms with Gasteiger partial charge >= 0.3 is 9.05 Å². The Morgan fingerprint density at radius 3 is 0.750 bits per heavy atom. The average molecular weight is 212 g/mol. The van der Waals surface area contributed by atoms with Gasteiger partial charge in [-0.3, -0.25) is 0 Å². The summed E-state index contributed by atoms with van der Waals surface area (Å²) in [6.07, 6.45) is 0. The van der Waals surface area contributed by atoms with Gasteiger partial charge in [-0.2, -0.15) is 0 Å². The van der Waals surface area contributed by atoms with Gasteiger partial charge in [-0.1, -0.05) is 0 Å². The number of rotatable bonds is 0. The van der Waals surface area contributed by atoms with Crippen LogP contribution in [0.2, 0.25) is 0 Å². The van der Waals surface area contributed by atoms with Crippen LogP contribution in [-0.4, -0.2) is 63.0 Å². The predicted octanol–water partition coefficient (Wildman–Crippen LogP) is -4.98. The van der Waals surface area contributed by atoms with Crippen molar-refractivity contribution < 1.29 is 36.3 Å². The molecular formula is H10Al2FeO4Si. The third kappa shape index (κ3) is 125. The van der Waals surface area contributed by atoms with Crippen LogP contribution in [0.1, 0.15) is 0 Å². The molecule has 0 aromatic carbocycles. The van der Waals surface area contributed by atoms with Gasteiger partial charge in [-0.05, 0) is 0 Å². The van der Waals surface area contributed by atoms with Crippen molar-refractivity contribution in [1.29, 1.82) is 0 Å². The van der Waals surface area contributed by atoms with Gasteiger partial charge in [-0.15, -0.1) is 0 Å². The first-order chi connectivity index (χ1) is 2.00. The normalized spacial score (nSPS) is 7.50. The fourth-order valence-corrected chi connectivity index (χ4v) is 0. The van der Waals surface area contributed by atoms with Crippen molar-refractivity contribution in [2.45, 2.75) is 0 Å². The third-order valence-electron chi connectivity index (χ3n) is 0. The quantitative estimate of drug-likeness (QED) is 0.303. The van der Waals surface area contributed by atoms with Gasteiger partial charge in [0, 0.05) is 17.1 Å². The second-order valence-corrected chi connectivity index (χ2v) is 1.80. The molecule has 0 saturated heterocycles. The molecule has 0 unspecified atom stereocenters. The molecule has 0 spiro atoms. The molecule has 0 aliphatic rings.